The Kier molecular flexibility index (Phi) is 9.03. The maximum absolute atomic E-state index is 12.5. The van der Waals surface area contributed by atoms with E-state index in [0.717, 1.165) is 11.8 Å². The van der Waals surface area contributed by atoms with Gasteiger partial charge in [0, 0.05) is 24.6 Å². The van der Waals surface area contributed by atoms with Crippen LogP contribution in [0.3, 0.4) is 0 Å². The number of rotatable bonds is 9. The van der Waals surface area contributed by atoms with Crippen LogP contribution in [0, 0.1) is 16.0 Å². The van der Waals surface area contributed by atoms with Gasteiger partial charge in [-0.3, -0.25) is 4.79 Å². The highest BCUT2D eigenvalue weighted by atomic mass is 32.2. The molecule has 1 amide bonds. The summed E-state index contributed by atoms with van der Waals surface area (Å²) in [6, 6.07) is -0.658. The molecule has 1 saturated heterocycles. The highest BCUT2D eigenvalue weighted by Gasteiger charge is 2.37. The van der Waals surface area contributed by atoms with E-state index in [4.69, 9.17) is 4.74 Å². The lowest BCUT2D eigenvalue weighted by atomic mass is 10.1. The summed E-state index contributed by atoms with van der Waals surface area (Å²) < 4.78 is 9.59. The van der Waals surface area contributed by atoms with Gasteiger partial charge in [0.2, 0.25) is 5.91 Å². The maximum atomic E-state index is 12.5. The molecule has 1 rings (SSSR count). The van der Waals surface area contributed by atoms with Crippen LogP contribution in [-0.4, -0.2) is 65.8 Å². The molecule has 1 fully saturated rings. The molecule has 0 radical (unpaired) electrons. The first kappa shape index (κ1) is 21.0. The summed E-state index contributed by atoms with van der Waals surface area (Å²) in [5.41, 5.74) is 0. The van der Waals surface area contributed by atoms with E-state index in [-0.39, 0.29) is 31.3 Å². The van der Waals surface area contributed by atoms with E-state index in [1.165, 1.54) is 12.0 Å². The van der Waals surface area contributed by atoms with Crippen molar-refractivity contribution in [2.75, 3.05) is 32.6 Å². The molecule has 0 spiro atoms. The zero-order valence-corrected chi connectivity index (χ0v) is 15.0. The number of thioether (sulfide) groups is 1. The van der Waals surface area contributed by atoms with Crippen molar-refractivity contribution in [2.45, 2.75) is 32.2 Å². The molecule has 25 heavy (non-hydrogen) atoms. The third-order valence-corrected chi connectivity index (χ3v) is 4.65. The highest BCUT2D eigenvalue weighted by molar-refractivity contribution is 8.13. The third kappa shape index (κ3) is 7.16. The topological polar surface area (TPSA) is 125 Å². The number of hydrogen-bond acceptors (Lipinski definition) is 9. The van der Waals surface area contributed by atoms with E-state index in [2.05, 4.69) is 9.57 Å². The van der Waals surface area contributed by atoms with Crippen molar-refractivity contribution in [1.82, 2.24) is 4.90 Å². The van der Waals surface area contributed by atoms with Crippen molar-refractivity contribution in [1.29, 1.82) is 0 Å². The standard InChI is InChI=1S/C14H22N2O8S/c1-10(9-25-14(19)22-2)12(17)15-6-3-5-11(15)13(18)23-7-4-8-24-16(20)21/h10-11H,3-9H2,1-2H3/t10-,11+/m1/s1. The SMILES string of the molecule is COC(=O)SC[C@@H](C)C(=O)N1CCC[C@H]1C(=O)OCCCO[N+](=O)[O-]. The Labute approximate surface area is 149 Å². The number of nitrogens with zero attached hydrogens (tertiary/aromatic N) is 2. The molecular weight excluding hydrogens is 356 g/mol. The van der Waals surface area contributed by atoms with Gasteiger partial charge in [0.15, 0.2) is 0 Å². The molecule has 0 aromatic heterocycles. The molecule has 2 atom stereocenters. The molecule has 0 aliphatic carbocycles. The van der Waals surface area contributed by atoms with Crippen LogP contribution in [-0.2, 0) is 23.9 Å². The van der Waals surface area contributed by atoms with Crippen LogP contribution in [0.2, 0.25) is 0 Å². The van der Waals surface area contributed by atoms with Crippen molar-refractivity contribution in [3.05, 3.63) is 10.1 Å². The summed E-state index contributed by atoms with van der Waals surface area (Å²) in [6.45, 7) is 1.97. The Hall–Kier alpha value is -2.04. The first-order valence-electron chi connectivity index (χ1n) is 7.82. The van der Waals surface area contributed by atoms with Gasteiger partial charge in [0.25, 0.3) is 5.09 Å². The lowest BCUT2D eigenvalue weighted by molar-refractivity contribution is -0.757. The molecule has 0 unspecified atom stereocenters. The molecule has 0 bridgehead atoms. The molecule has 1 heterocycles. The molecule has 1 aliphatic rings. The van der Waals surface area contributed by atoms with Crippen molar-refractivity contribution in [3.63, 3.8) is 0 Å². The fourth-order valence-electron chi connectivity index (χ4n) is 2.35. The average molecular weight is 378 g/mol. The van der Waals surface area contributed by atoms with Gasteiger partial charge in [-0.1, -0.05) is 6.92 Å². The number of hydrogen-bond donors (Lipinski definition) is 0. The van der Waals surface area contributed by atoms with Gasteiger partial charge in [-0.15, -0.1) is 10.1 Å². The van der Waals surface area contributed by atoms with Crippen LogP contribution in [0.5, 0.6) is 0 Å². The lowest BCUT2D eigenvalue weighted by Crippen LogP contribution is -2.44. The summed E-state index contributed by atoms with van der Waals surface area (Å²) >= 11 is 0.909. The number of likely N-dealkylation sites (tertiary alicyclic amines) is 1. The van der Waals surface area contributed by atoms with E-state index in [9.17, 15) is 24.5 Å². The maximum Gasteiger partial charge on any atom is 0.367 e. The second kappa shape index (κ2) is 10.7. The van der Waals surface area contributed by atoms with Gasteiger partial charge >= 0.3 is 11.3 Å². The molecule has 11 heteroatoms. The van der Waals surface area contributed by atoms with Crippen molar-refractivity contribution in [3.8, 4) is 0 Å². The summed E-state index contributed by atoms with van der Waals surface area (Å²) in [5.74, 6) is -0.916. The van der Waals surface area contributed by atoms with Gasteiger partial charge in [-0.25, -0.2) is 9.59 Å². The number of carbonyl (C=O) groups excluding carboxylic acids is 3. The second-order valence-electron chi connectivity index (χ2n) is 5.43. The van der Waals surface area contributed by atoms with Crippen LogP contribution < -0.4 is 0 Å². The van der Waals surface area contributed by atoms with E-state index in [1.807, 2.05) is 0 Å². The lowest BCUT2D eigenvalue weighted by Gasteiger charge is -2.26. The number of esters is 1. The summed E-state index contributed by atoms with van der Waals surface area (Å²) in [6.07, 6.45) is 1.39. The minimum Gasteiger partial charge on any atom is -0.464 e. The average Bonchev–Trinajstić information content (AvgIpc) is 3.07. The summed E-state index contributed by atoms with van der Waals surface area (Å²) in [7, 11) is 1.27. The normalized spacial score (nSPS) is 17.7. The van der Waals surface area contributed by atoms with Gasteiger partial charge in [-0.05, 0) is 24.6 Å². The Morgan fingerprint density at radius 2 is 2.08 bits per heavy atom. The van der Waals surface area contributed by atoms with E-state index in [0.29, 0.717) is 19.4 Å². The second-order valence-corrected chi connectivity index (χ2v) is 6.39. The van der Waals surface area contributed by atoms with Crippen molar-refractivity contribution < 1.29 is 33.8 Å². The molecule has 142 valence electrons. The largest absolute Gasteiger partial charge is 0.464 e. The molecule has 0 aromatic carbocycles. The predicted octanol–water partition coefficient (Wildman–Crippen LogP) is 1.25. The monoisotopic (exact) mass is 378 g/mol. The van der Waals surface area contributed by atoms with Crippen molar-refractivity contribution in [2.24, 2.45) is 5.92 Å². The molecule has 0 saturated carbocycles. The van der Waals surface area contributed by atoms with Gasteiger partial charge < -0.3 is 19.2 Å². The zero-order valence-electron chi connectivity index (χ0n) is 14.2. The fourth-order valence-corrected chi connectivity index (χ4v) is 3.00. The van der Waals surface area contributed by atoms with Crippen LogP contribution in [0.25, 0.3) is 0 Å². The molecular formula is C14H22N2O8S. The molecule has 10 nitrogen and oxygen atoms in total. The third-order valence-electron chi connectivity index (χ3n) is 3.58. The Balaban J connectivity index is 2.43. The minimum atomic E-state index is -0.910. The van der Waals surface area contributed by atoms with Gasteiger partial charge in [-0.2, -0.15) is 0 Å². The number of amides is 1. The Morgan fingerprint density at radius 3 is 2.72 bits per heavy atom. The summed E-state index contributed by atoms with van der Waals surface area (Å²) in [4.78, 5) is 51.3. The molecule has 0 N–H and O–H groups in total. The Bertz CT molecular complexity index is 501. The zero-order chi connectivity index (χ0) is 18.8. The smallest absolute Gasteiger partial charge is 0.367 e. The van der Waals surface area contributed by atoms with E-state index < -0.39 is 28.3 Å². The fraction of sp³-hybridized carbons (Fsp3) is 0.786. The van der Waals surface area contributed by atoms with Crippen LogP contribution in [0.1, 0.15) is 26.2 Å². The predicted molar refractivity (Wildman–Crippen MR) is 87.3 cm³/mol. The van der Waals surface area contributed by atoms with Crippen LogP contribution in [0.4, 0.5) is 4.79 Å². The van der Waals surface area contributed by atoms with Crippen molar-refractivity contribution >= 4 is 28.9 Å². The Morgan fingerprint density at radius 1 is 1.36 bits per heavy atom. The minimum absolute atomic E-state index is 0.0149. The molecule has 0 aromatic rings. The van der Waals surface area contributed by atoms with E-state index >= 15 is 0 Å². The number of carbonyl (C=O) groups is 3. The number of ether oxygens (including phenoxy) is 2. The number of methoxy groups -OCH3 is 1. The quantitative estimate of drug-likeness (QED) is 0.252. The van der Waals surface area contributed by atoms with E-state index in [1.54, 1.807) is 6.92 Å². The van der Waals surface area contributed by atoms with Gasteiger partial charge in [0.05, 0.1) is 20.3 Å². The van der Waals surface area contributed by atoms with Crippen LogP contribution in [0.15, 0.2) is 0 Å². The van der Waals surface area contributed by atoms with Crippen LogP contribution >= 0.6 is 11.8 Å². The molecule has 1 aliphatic heterocycles. The first-order valence-corrected chi connectivity index (χ1v) is 8.80. The first-order chi connectivity index (χ1) is 11.9. The van der Waals surface area contributed by atoms with Gasteiger partial charge in [0.1, 0.15) is 6.04 Å². The summed E-state index contributed by atoms with van der Waals surface area (Å²) in [5, 5.41) is 8.63. The highest BCUT2D eigenvalue weighted by Crippen LogP contribution is 2.23.